The minimum Gasteiger partial charge on any atom is -0.395 e. The fourth-order valence-electron chi connectivity index (χ4n) is 3.70. The lowest BCUT2D eigenvalue weighted by Gasteiger charge is -2.37. The molecule has 0 aromatic rings. The first-order chi connectivity index (χ1) is 8.81. The Labute approximate surface area is 112 Å². The van der Waals surface area contributed by atoms with E-state index in [1.165, 1.54) is 51.5 Å². The summed E-state index contributed by atoms with van der Waals surface area (Å²) in [6.45, 7) is 5.81. The lowest BCUT2D eigenvalue weighted by Crippen LogP contribution is -2.46. The summed E-state index contributed by atoms with van der Waals surface area (Å²) >= 11 is 0. The Balaban J connectivity index is 1.85. The van der Waals surface area contributed by atoms with E-state index in [0.29, 0.717) is 18.7 Å². The van der Waals surface area contributed by atoms with Gasteiger partial charge in [-0.1, -0.05) is 19.3 Å². The van der Waals surface area contributed by atoms with Gasteiger partial charge in [0.25, 0.3) is 0 Å². The van der Waals surface area contributed by atoms with E-state index < -0.39 is 0 Å². The van der Waals surface area contributed by atoms with Crippen LogP contribution in [0.4, 0.5) is 0 Å². The van der Waals surface area contributed by atoms with Crippen molar-refractivity contribution in [2.24, 2.45) is 5.92 Å². The molecule has 1 saturated heterocycles. The Hall–Kier alpha value is -0.120. The van der Waals surface area contributed by atoms with Gasteiger partial charge in [-0.2, -0.15) is 0 Å². The number of aliphatic hydroxyl groups excluding tert-OH is 1. The van der Waals surface area contributed by atoms with Crippen molar-refractivity contribution in [3.63, 3.8) is 0 Å². The molecule has 2 unspecified atom stereocenters. The van der Waals surface area contributed by atoms with Crippen LogP contribution in [0.5, 0.6) is 0 Å². The highest BCUT2D eigenvalue weighted by Gasteiger charge is 2.27. The maximum absolute atomic E-state index is 9.30. The standard InChI is InChI=1S/C15H30N2O/c1-13(14-6-3-2-4-7-14)17(10-11-18)12-15-8-5-9-16-15/h13-16,18H,2-12H2,1H3. The van der Waals surface area contributed by atoms with Crippen molar-refractivity contribution in [1.82, 2.24) is 10.2 Å². The summed E-state index contributed by atoms with van der Waals surface area (Å²) in [5, 5.41) is 12.9. The molecule has 0 spiro atoms. The Morgan fingerprint density at radius 2 is 1.94 bits per heavy atom. The van der Waals surface area contributed by atoms with Gasteiger partial charge in [-0.15, -0.1) is 0 Å². The molecule has 106 valence electrons. The maximum Gasteiger partial charge on any atom is 0.0558 e. The highest BCUT2D eigenvalue weighted by Crippen LogP contribution is 2.29. The second-order valence-corrected chi connectivity index (χ2v) is 6.15. The zero-order chi connectivity index (χ0) is 12.8. The highest BCUT2D eigenvalue weighted by atomic mass is 16.3. The molecule has 1 aliphatic heterocycles. The molecule has 2 atom stereocenters. The predicted octanol–water partition coefficient (Wildman–Crippen LogP) is 2.00. The van der Waals surface area contributed by atoms with Gasteiger partial charge in [-0.05, 0) is 45.1 Å². The van der Waals surface area contributed by atoms with Gasteiger partial charge >= 0.3 is 0 Å². The Morgan fingerprint density at radius 1 is 1.17 bits per heavy atom. The number of aliphatic hydroxyl groups is 1. The number of hydrogen-bond donors (Lipinski definition) is 2. The van der Waals surface area contributed by atoms with E-state index in [2.05, 4.69) is 17.1 Å². The molecule has 3 nitrogen and oxygen atoms in total. The summed E-state index contributed by atoms with van der Waals surface area (Å²) in [5.41, 5.74) is 0. The van der Waals surface area contributed by atoms with Crippen LogP contribution in [0.25, 0.3) is 0 Å². The van der Waals surface area contributed by atoms with E-state index in [0.717, 1.165) is 19.0 Å². The van der Waals surface area contributed by atoms with Crippen LogP contribution in [-0.4, -0.2) is 48.3 Å². The van der Waals surface area contributed by atoms with E-state index in [-0.39, 0.29) is 0 Å². The first-order valence-corrected chi connectivity index (χ1v) is 7.89. The van der Waals surface area contributed by atoms with Crippen molar-refractivity contribution < 1.29 is 5.11 Å². The lowest BCUT2D eigenvalue weighted by molar-refractivity contribution is 0.0974. The molecule has 0 amide bonds. The summed E-state index contributed by atoms with van der Waals surface area (Å²) in [6.07, 6.45) is 9.64. The average molecular weight is 254 g/mol. The van der Waals surface area contributed by atoms with Crippen LogP contribution in [0.1, 0.15) is 51.9 Å². The second kappa shape index (κ2) is 7.46. The Bertz CT molecular complexity index is 223. The van der Waals surface area contributed by atoms with E-state index in [4.69, 9.17) is 0 Å². The molecular formula is C15H30N2O. The van der Waals surface area contributed by atoms with Crippen LogP contribution < -0.4 is 5.32 Å². The highest BCUT2D eigenvalue weighted by molar-refractivity contribution is 4.84. The van der Waals surface area contributed by atoms with Gasteiger partial charge in [0.15, 0.2) is 0 Å². The van der Waals surface area contributed by atoms with Gasteiger partial charge in [0.05, 0.1) is 6.61 Å². The third kappa shape index (κ3) is 3.94. The molecule has 1 aliphatic carbocycles. The average Bonchev–Trinajstić information content (AvgIpc) is 2.91. The zero-order valence-corrected chi connectivity index (χ0v) is 11.9. The van der Waals surface area contributed by atoms with Crippen molar-refractivity contribution in [3.8, 4) is 0 Å². The maximum atomic E-state index is 9.30. The molecule has 0 radical (unpaired) electrons. The summed E-state index contributed by atoms with van der Waals surface area (Å²) in [5.74, 6) is 0.853. The SMILES string of the molecule is CC(C1CCCCC1)N(CCO)CC1CCCN1. The summed E-state index contributed by atoms with van der Waals surface area (Å²) in [6, 6.07) is 1.29. The zero-order valence-electron chi connectivity index (χ0n) is 11.9. The van der Waals surface area contributed by atoms with Crippen LogP contribution in [0.2, 0.25) is 0 Å². The van der Waals surface area contributed by atoms with Crippen molar-refractivity contribution in [2.75, 3.05) is 26.2 Å². The van der Waals surface area contributed by atoms with Crippen molar-refractivity contribution in [3.05, 3.63) is 0 Å². The van der Waals surface area contributed by atoms with Crippen molar-refractivity contribution in [2.45, 2.75) is 64.0 Å². The number of nitrogens with one attached hydrogen (secondary N) is 1. The smallest absolute Gasteiger partial charge is 0.0558 e. The minimum absolute atomic E-state index is 0.295. The van der Waals surface area contributed by atoms with Crippen molar-refractivity contribution >= 4 is 0 Å². The monoisotopic (exact) mass is 254 g/mol. The normalized spacial score (nSPS) is 27.8. The summed E-state index contributed by atoms with van der Waals surface area (Å²) < 4.78 is 0. The molecule has 2 aliphatic rings. The number of rotatable bonds is 6. The van der Waals surface area contributed by atoms with E-state index in [1.54, 1.807) is 0 Å². The van der Waals surface area contributed by atoms with E-state index in [9.17, 15) is 5.11 Å². The molecule has 0 aromatic heterocycles. The fraction of sp³-hybridized carbons (Fsp3) is 1.00. The van der Waals surface area contributed by atoms with Crippen LogP contribution in [0.15, 0.2) is 0 Å². The third-order valence-electron chi connectivity index (χ3n) is 4.91. The first-order valence-electron chi connectivity index (χ1n) is 7.89. The molecule has 0 aromatic carbocycles. The number of nitrogens with zero attached hydrogens (tertiary/aromatic N) is 1. The van der Waals surface area contributed by atoms with E-state index >= 15 is 0 Å². The molecule has 0 bridgehead atoms. The van der Waals surface area contributed by atoms with Crippen LogP contribution in [0.3, 0.4) is 0 Å². The van der Waals surface area contributed by atoms with Gasteiger partial charge in [0, 0.05) is 25.2 Å². The minimum atomic E-state index is 0.295. The molecule has 1 heterocycles. The van der Waals surface area contributed by atoms with Crippen molar-refractivity contribution in [1.29, 1.82) is 0 Å². The van der Waals surface area contributed by atoms with Crippen LogP contribution in [0, 0.1) is 5.92 Å². The quantitative estimate of drug-likeness (QED) is 0.761. The largest absolute Gasteiger partial charge is 0.395 e. The van der Waals surface area contributed by atoms with Gasteiger partial charge in [0.2, 0.25) is 0 Å². The lowest BCUT2D eigenvalue weighted by atomic mass is 9.84. The Morgan fingerprint density at radius 3 is 2.56 bits per heavy atom. The third-order valence-corrected chi connectivity index (χ3v) is 4.91. The predicted molar refractivity (Wildman–Crippen MR) is 75.7 cm³/mol. The van der Waals surface area contributed by atoms with Gasteiger partial charge in [0.1, 0.15) is 0 Å². The van der Waals surface area contributed by atoms with Gasteiger partial charge in [-0.25, -0.2) is 0 Å². The molecule has 2 N–H and O–H groups in total. The van der Waals surface area contributed by atoms with Crippen LogP contribution >= 0.6 is 0 Å². The first kappa shape index (κ1) is 14.3. The summed E-state index contributed by atoms with van der Waals surface area (Å²) in [7, 11) is 0. The van der Waals surface area contributed by atoms with Gasteiger partial charge < -0.3 is 10.4 Å². The Kier molecular flexibility index (Phi) is 5.93. The summed E-state index contributed by atoms with van der Waals surface area (Å²) in [4.78, 5) is 2.53. The van der Waals surface area contributed by atoms with Gasteiger partial charge in [-0.3, -0.25) is 4.90 Å². The molecule has 2 fully saturated rings. The van der Waals surface area contributed by atoms with Crippen LogP contribution in [-0.2, 0) is 0 Å². The van der Waals surface area contributed by atoms with E-state index in [1.807, 2.05) is 0 Å². The number of hydrogen-bond acceptors (Lipinski definition) is 3. The molecule has 2 rings (SSSR count). The molecule has 18 heavy (non-hydrogen) atoms. The topological polar surface area (TPSA) is 35.5 Å². The molecule has 1 saturated carbocycles. The second-order valence-electron chi connectivity index (χ2n) is 6.15. The fourth-order valence-corrected chi connectivity index (χ4v) is 3.70. The molecule has 3 heteroatoms. The molecular weight excluding hydrogens is 224 g/mol.